The maximum Gasteiger partial charge on any atom is 0.493 e. The van der Waals surface area contributed by atoms with Crippen LogP contribution in [0.2, 0.25) is 0 Å². The van der Waals surface area contributed by atoms with Gasteiger partial charge in [-0.05, 0) is 37.7 Å². The number of hydrogen-bond acceptors (Lipinski definition) is 10. The fourth-order valence-corrected chi connectivity index (χ4v) is 5.89. The maximum absolute atomic E-state index is 12.5. The van der Waals surface area contributed by atoms with Crippen LogP contribution in [0.15, 0.2) is 36.1 Å². The number of aromatic nitrogens is 8. The van der Waals surface area contributed by atoms with E-state index in [0.717, 1.165) is 48.0 Å². The molecule has 0 aromatic carbocycles. The summed E-state index contributed by atoms with van der Waals surface area (Å²) in [4.78, 5) is 30.7. The number of sulfonamides is 1. The Morgan fingerprint density at radius 2 is 2.03 bits per heavy atom. The number of carbonyl (C=O) groups excluding carboxylic acids is 1. The average molecular weight is 586 g/mol. The highest BCUT2D eigenvalue weighted by molar-refractivity contribution is 7.99. The third-order valence-corrected chi connectivity index (χ3v) is 8.12. The van der Waals surface area contributed by atoms with Crippen molar-refractivity contribution in [2.45, 2.75) is 43.1 Å². The highest BCUT2D eigenvalue weighted by Crippen LogP contribution is 2.36. The Hall–Kier alpha value is -3.67. The van der Waals surface area contributed by atoms with Crippen LogP contribution in [-0.2, 0) is 19.7 Å². The molecule has 0 saturated heterocycles. The molecular formula is C21H22F3N9O4S2. The number of aromatic amines is 2. The minimum atomic E-state index is -5.39. The molecule has 18 heteroatoms. The molecule has 0 atom stereocenters. The van der Waals surface area contributed by atoms with Crippen LogP contribution < -0.4 is 4.47 Å². The second-order valence-corrected chi connectivity index (χ2v) is 11.7. The fraction of sp³-hybridized carbons (Fsp3) is 0.429. The highest BCUT2D eigenvalue weighted by Gasteiger charge is 2.44. The number of halogens is 3. The van der Waals surface area contributed by atoms with E-state index in [0.29, 0.717) is 17.9 Å². The molecule has 1 aliphatic carbocycles. The van der Waals surface area contributed by atoms with Gasteiger partial charge in [-0.1, -0.05) is 16.2 Å². The standard InChI is InChI=1S/C21H22F3N9O4S2/c1-39(35,36)33(37-18(34)21(22,23)24)19-29-20(31-30-19)38-10-12-2-4-14(5-3-12)32-9-13(8-28-32)16-15-6-7-25-17(15)27-11-26-16/h6-9,11-12,14H,2-5,10H2,1H3,(H,25,26,27)(H,29,30,31). The molecule has 1 saturated carbocycles. The Morgan fingerprint density at radius 1 is 1.26 bits per heavy atom. The van der Waals surface area contributed by atoms with Gasteiger partial charge in [0.2, 0.25) is 5.16 Å². The molecule has 1 aliphatic rings. The van der Waals surface area contributed by atoms with E-state index in [9.17, 15) is 26.4 Å². The second-order valence-electron chi connectivity index (χ2n) is 8.97. The van der Waals surface area contributed by atoms with Crippen LogP contribution in [0.5, 0.6) is 0 Å². The van der Waals surface area contributed by atoms with E-state index in [1.54, 1.807) is 6.20 Å². The topological polar surface area (TPSA) is 165 Å². The predicted octanol–water partition coefficient (Wildman–Crippen LogP) is 3.25. The summed E-state index contributed by atoms with van der Waals surface area (Å²) in [5, 5.41) is 11.6. The van der Waals surface area contributed by atoms with E-state index in [1.165, 1.54) is 18.1 Å². The zero-order chi connectivity index (χ0) is 27.8. The molecule has 0 unspecified atom stereocenters. The molecule has 4 aromatic rings. The number of anilines is 1. The van der Waals surface area contributed by atoms with E-state index in [-0.39, 0.29) is 15.7 Å². The van der Waals surface area contributed by atoms with Crippen molar-refractivity contribution in [3.63, 3.8) is 0 Å². The smallest absolute Gasteiger partial charge is 0.346 e. The van der Waals surface area contributed by atoms with Crippen molar-refractivity contribution in [3.8, 4) is 11.3 Å². The van der Waals surface area contributed by atoms with Crippen LogP contribution in [0.4, 0.5) is 19.1 Å². The summed E-state index contributed by atoms with van der Waals surface area (Å²) in [6.45, 7) is 0. The van der Waals surface area contributed by atoms with Crippen molar-refractivity contribution in [2.24, 2.45) is 5.92 Å². The lowest BCUT2D eigenvalue weighted by Gasteiger charge is -2.28. The number of hydrogen-bond donors (Lipinski definition) is 2. The second kappa shape index (κ2) is 10.5. The molecule has 0 spiro atoms. The van der Waals surface area contributed by atoms with Crippen LogP contribution in [0.3, 0.4) is 0 Å². The Kier molecular flexibility index (Phi) is 7.23. The number of rotatable bonds is 8. The fourth-order valence-electron chi connectivity index (χ4n) is 4.31. The van der Waals surface area contributed by atoms with Gasteiger partial charge in [0, 0.05) is 29.1 Å². The Labute approximate surface area is 223 Å². The van der Waals surface area contributed by atoms with Crippen LogP contribution >= 0.6 is 11.8 Å². The van der Waals surface area contributed by atoms with E-state index >= 15 is 0 Å². The first-order valence-corrected chi connectivity index (χ1v) is 14.5. The van der Waals surface area contributed by atoms with E-state index in [2.05, 4.69) is 40.1 Å². The first kappa shape index (κ1) is 26.9. The van der Waals surface area contributed by atoms with Gasteiger partial charge in [-0.2, -0.15) is 23.3 Å². The summed E-state index contributed by atoms with van der Waals surface area (Å²) in [6.07, 6.45) is 5.88. The maximum atomic E-state index is 12.5. The highest BCUT2D eigenvalue weighted by atomic mass is 32.2. The summed E-state index contributed by atoms with van der Waals surface area (Å²) < 4.78 is 63.1. The zero-order valence-electron chi connectivity index (χ0n) is 20.3. The summed E-state index contributed by atoms with van der Waals surface area (Å²) in [6, 6.07) is 2.15. The third kappa shape index (κ3) is 6.00. The van der Waals surface area contributed by atoms with Crippen molar-refractivity contribution in [3.05, 3.63) is 31.0 Å². The summed E-state index contributed by atoms with van der Waals surface area (Å²) in [5.74, 6) is -2.42. The van der Waals surface area contributed by atoms with Crippen molar-refractivity contribution < 1.29 is 31.2 Å². The Morgan fingerprint density at radius 3 is 2.74 bits per heavy atom. The number of H-pyrrole nitrogens is 2. The number of alkyl halides is 3. The first-order valence-electron chi connectivity index (χ1n) is 11.7. The van der Waals surface area contributed by atoms with Crippen LogP contribution in [0.25, 0.3) is 22.3 Å². The molecule has 39 heavy (non-hydrogen) atoms. The first-order chi connectivity index (χ1) is 18.5. The molecule has 1 fully saturated rings. The van der Waals surface area contributed by atoms with Gasteiger partial charge in [0.05, 0.1) is 24.2 Å². The normalized spacial score (nSPS) is 18.4. The van der Waals surface area contributed by atoms with Gasteiger partial charge >= 0.3 is 12.1 Å². The van der Waals surface area contributed by atoms with Crippen LogP contribution in [0.1, 0.15) is 31.7 Å². The van der Waals surface area contributed by atoms with E-state index in [4.69, 9.17) is 0 Å². The van der Waals surface area contributed by atoms with Crippen molar-refractivity contribution >= 4 is 44.7 Å². The van der Waals surface area contributed by atoms with Gasteiger partial charge in [0.1, 0.15) is 12.0 Å². The van der Waals surface area contributed by atoms with Crippen LogP contribution in [-0.4, -0.2) is 72.5 Å². The third-order valence-electron chi connectivity index (χ3n) is 6.19. The van der Waals surface area contributed by atoms with Gasteiger partial charge in [-0.25, -0.2) is 28.3 Å². The molecule has 13 nitrogen and oxygen atoms in total. The van der Waals surface area contributed by atoms with E-state index in [1.807, 2.05) is 23.1 Å². The molecule has 2 N–H and O–H groups in total. The summed E-state index contributed by atoms with van der Waals surface area (Å²) in [7, 11) is -4.42. The van der Waals surface area contributed by atoms with Crippen molar-refractivity contribution in [1.29, 1.82) is 0 Å². The van der Waals surface area contributed by atoms with Gasteiger partial charge in [-0.15, -0.1) is 5.10 Å². The number of nitrogens with zero attached hydrogens (tertiary/aromatic N) is 7. The van der Waals surface area contributed by atoms with Crippen LogP contribution in [0, 0.1) is 5.92 Å². The number of carbonyl (C=O) groups is 1. The molecule has 0 bridgehead atoms. The Balaban J connectivity index is 1.16. The average Bonchev–Trinajstić information content (AvgIpc) is 3.65. The van der Waals surface area contributed by atoms with Crippen molar-refractivity contribution in [2.75, 3.05) is 16.5 Å². The monoisotopic (exact) mass is 585 g/mol. The predicted molar refractivity (Wildman–Crippen MR) is 133 cm³/mol. The van der Waals surface area contributed by atoms with Gasteiger partial charge in [0.15, 0.2) is 0 Å². The number of thioether (sulfide) groups is 1. The zero-order valence-corrected chi connectivity index (χ0v) is 21.9. The minimum absolute atomic E-state index is 0.112. The molecule has 4 aromatic heterocycles. The molecule has 4 heterocycles. The molecule has 0 aliphatic heterocycles. The lowest BCUT2D eigenvalue weighted by molar-refractivity contribution is -0.199. The largest absolute Gasteiger partial charge is 0.493 e. The summed E-state index contributed by atoms with van der Waals surface area (Å²) >= 11 is 1.22. The molecule has 208 valence electrons. The van der Waals surface area contributed by atoms with Gasteiger partial charge in [0.25, 0.3) is 16.0 Å². The molecular weight excluding hydrogens is 563 g/mol. The quantitative estimate of drug-likeness (QED) is 0.232. The summed E-state index contributed by atoms with van der Waals surface area (Å²) in [5.41, 5.74) is 2.48. The lowest BCUT2D eigenvalue weighted by atomic mass is 9.87. The Bertz CT molecular complexity index is 1580. The van der Waals surface area contributed by atoms with Gasteiger partial charge in [-0.3, -0.25) is 4.68 Å². The SMILES string of the molecule is CS(=O)(=O)N(OC(=O)C(F)(F)F)c1nc(SCC2CCC(n3cc(-c4ncnc5[nH]ccc45)cn3)CC2)n[nH]1. The number of fused-ring (bicyclic) bond motifs is 1. The minimum Gasteiger partial charge on any atom is -0.346 e. The number of nitrogens with one attached hydrogen (secondary N) is 2. The van der Waals surface area contributed by atoms with E-state index < -0.39 is 28.1 Å². The molecule has 0 amide bonds. The lowest BCUT2D eigenvalue weighted by Crippen LogP contribution is -2.38. The molecule has 0 radical (unpaired) electrons. The van der Waals surface area contributed by atoms with Crippen molar-refractivity contribution in [1.82, 2.24) is 39.9 Å². The van der Waals surface area contributed by atoms with Gasteiger partial charge < -0.3 is 9.82 Å². The molecule has 5 rings (SSSR count).